The van der Waals surface area contributed by atoms with E-state index in [0.717, 1.165) is 0 Å². The van der Waals surface area contributed by atoms with E-state index in [1.807, 2.05) is 13.8 Å². The number of carboxylic acid groups (broad SMARTS) is 1. The van der Waals surface area contributed by atoms with Gasteiger partial charge >= 0.3 is 5.97 Å². The lowest BCUT2D eigenvalue weighted by atomic mass is 9.79. The molecule has 0 unspecified atom stereocenters. The SMILES string of the molecule is CCOC(OCC)C1(C(=O)O)CCOCC1. The van der Waals surface area contributed by atoms with Gasteiger partial charge in [0.25, 0.3) is 0 Å². The second-order valence-corrected chi connectivity index (χ2v) is 3.82. The summed E-state index contributed by atoms with van der Waals surface area (Å²) in [5, 5.41) is 9.40. The van der Waals surface area contributed by atoms with E-state index in [-0.39, 0.29) is 0 Å². The quantitative estimate of drug-likeness (QED) is 0.698. The Labute approximate surface area is 95.7 Å². The van der Waals surface area contributed by atoms with Gasteiger partial charge in [-0.1, -0.05) is 0 Å². The molecule has 0 spiro atoms. The zero-order chi connectivity index (χ0) is 12.0. The van der Waals surface area contributed by atoms with Crippen molar-refractivity contribution in [2.75, 3.05) is 26.4 Å². The molecule has 16 heavy (non-hydrogen) atoms. The molecular weight excluding hydrogens is 212 g/mol. The van der Waals surface area contributed by atoms with Gasteiger partial charge in [0.15, 0.2) is 6.29 Å². The Bertz CT molecular complexity index is 216. The second kappa shape index (κ2) is 6.18. The van der Waals surface area contributed by atoms with Crippen LogP contribution in [-0.2, 0) is 19.0 Å². The standard InChI is InChI=1S/C11H20O5/c1-3-15-10(16-4-2)11(9(12)13)5-7-14-8-6-11/h10H,3-8H2,1-2H3,(H,12,13). The van der Waals surface area contributed by atoms with Crippen LogP contribution in [0.5, 0.6) is 0 Å². The summed E-state index contributed by atoms with van der Waals surface area (Å²) in [5.41, 5.74) is -0.954. The van der Waals surface area contributed by atoms with E-state index in [4.69, 9.17) is 14.2 Å². The summed E-state index contributed by atoms with van der Waals surface area (Å²) >= 11 is 0. The maximum atomic E-state index is 11.5. The molecule has 0 aromatic heterocycles. The minimum absolute atomic E-state index is 0.438. The minimum atomic E-state index is -0.954. The van der Waals surface area contributed by atoms with Gasteiger partial charge in [-0.25, -0.2) is 0 Å². The fourth-order valence-electron chi connectivity index (χ4n) is 1.96. The summed E-state index contributed by atoms with van der Waals surface area (Å²) in [5.74, 6) is -0.859. The number of carbonyl (C=O) groups is 1. The number of hydrogen-bond donors (Lipinski definition) is 1. The van der Waals surface area contributed by atoms with Gasteiger partial charge in [-0.3, -0.25) is 4.79 Å². The van der Waals surface area contributed by atoms with Crippen LogP contribution in [0.2, 0.25) is 0 Å². The summed E-state index contributed by atoms with van der Waals surface area (Å²) in [4.78, 5) is 11.5. The molecule has 5 nitrogen and oxygen atoms in total. The third-order valence-corrected chi connectivity index (χ3v) is 2.90. The largest absolute Gasteiger partial charge is 0.481 e. The third-order valence-electron chi connectivity index (χ3n) is 2.90. The van der Waals surface area contributed by atoms with Crippen molar-refractivity contribution < 1.29 is 24.1 Å². The predicted octanol–water partition coefficient (Wildman–Crippen LogP) is 1.27. The molecule has 0 bridgehead atoms. The van der Waals surface area contributed by atoms with Crippen LogP contribution >= 0.6 is 0 Å². The molecule has 1 heterocycles. The summed E-state index contributed by atoms with van der Waals surface area (Å²) in [7, 11) is 0. The average Bonchev–Trinajstić information content (AvgIpc) is 2.29. The summed E-state index contributed by atoms with van der Waals surface area (Å²) in [6.45, 7) is 5.45. The molecule has 0 radical (unpaired) electrons. The van der Waals surface area contributed by atoms with Crippen molar-refractivity contribution in [3.05, 3.63) is 0 Å². The first-order chi connectivity index (χ1) is 7.67. The number of ether oxygens (including phenoxy) is 3. The molecule has 5 heteroatoms. The Morgan fingerprint density at radius 1 is 1.31 bits per heavy atom. The van der Waals surface area contributed by atoms with Gasteiger partial charge in [0, 0.05) is 26.4 Å². The summed E-state index contributed by atoms with van der Waals surface area (Å²) in [6.07, 6.45) is 0.198. The molecule has 0 amide bonds. The van der Waals surface area contributed by atoms with E-state index in [1.54, 1.807) is 0 Å². The van der Waals surface area contributed by atoms with Gasteiger partial charge in [0.2, 0.25) is 0 Å². The van der Waals surface area contributed by atoms with Crippen LogP contribution < -0.4 is 0 Å². The van der Waals surface area contributed by atoms with Crippen molar-refractivity contribution in [1.29, 1.82) is 0 Å². The normalized spacial score (nSPS) is 19.9. The maximum Gasteiger partial charge on any atom is 0.315 e. The number of rotatable bonds is 6. The fourth-order valence-corrected chi connectivity index (χ4v) is 1.96. The van der Waals surface area contributed by atoms with E-state index >= 15 is 0 Å². The van der Waals surface area contributed by atoms with Crippen LogP contribution in [0.1, 0.15) is 26.7 Å². The van der Waals surface area contributed by atoms with Gasteiger partial charge in [-0.15, -0.1) is 0 Å². The molecule has 1 N–H and O–H groups in total. The van der Waals surface area contributed by atoms with Gasteiger partial charge in [-0.2, -0.15) is 0 Å². The van der Waals surface area contributed by atoms with Crippen LogP contribution in [0.3, 0.4) is 0 Å². The molecular formula is C11H20O5. The fraction of sp³-hybridized carbons (Fsp3) is 0.909. The molecule has 0 aromatic carbocycles. The molecule has 1 aliphatic heterocycles. The highest BCUT2D eigenvalue weighted by molar-refractivity contribution is 5.75. The van der Waals surface area contributed by atoms with Crippen molar-refractivity contribution in [2.45, 2.75) is 33.0 Å². The Hall–Kier alpha value is -0.650. The van der Waals surface area contributed by atoms with Gasteiger partial charge < -0.3 is 19.3 Å². The van der Waals surface area contributed by atoms with E-state index in [1.165, 1.54) is 0 Å². The zero-order valence-electron chi connectivity index (χ0n) is 9.90. The maximum absolute atomic E-state index is 11.5. The van der Waals surface area contributed by atoms with Crippen molar-refractivity contribution in [1.82, 2.24) is 0 Å². The van der Waals surface area contributed by atoms with Gasteiger partial charge in [0.05, 0.1) is 0 Å². The molecule has 0 atom stereocenters. The van der Waals surface area contributed by atoms with Crippen LogP contribution in [0, 0.1) is 5.41 Å². The summed E-state index contributed by atoms with van der Waals surface area (Å²) < 4.78 is 16.1. The van der Waals surface area contributed by atoms with Gasteiger partial charge in [0.1, 0.15) is 5.41 Å². The minimum Gasteiger partial charge on any atom is -0.481 e. The molecule has 1 saturated heterocycles. The first-order valence-corrected chi connectivity index (χ1v) is 5.71. The van der Waals surface area contributed by atoms with Gasteiger partial charge in [-0.05, 0) is 26.7 Å². The lowest BCUT2D eigenvalue weighted by Crippen LogP contribution is -2.49. The highest BCUT2D eigenvalue weighted by Crippen LogP contribution is 2.37. The Kier molecular flexibility index (Phi) is 5.18. The number of hydrogen-bond acceptors (Lipinski definition) is 4. The molecule has 0 aliphatic carbocycles. The molecule has 0 saturated carbocycles. The van der Waals surface area contributed by atoms with E-state index in [0.29, 0.717) is 39.3 Å². The third kappa shape index (κ3) is 2.72. The zero-order valence-corrected chi connectivity index (χ0v) is 9.90. The van der Waals surface area contributed by atoms with E-state index < -0.39 is 17.7 Å². The smallest absolute Gasteiger partial charge is 0.315 e. The van der Waals surface area contributed by atoms with E-state index in [2.05, 4.69) is 0 Å². The highest BCUT2D eigenvalue weighted by Gasteiger charge is 2.48. The lowest BCUT2D eigenvalue weighted by molar-refractivity contribution is -0.230. The Morgan fingerprint density at radius 2 is 1.81 bits per heavy atom. The Balaban J connectivity index is 2.82. The van der Waals surface area contributed by atoms with Crippen LogP contribution in [0.4, 0.5) is 0 Å². The topological polar surface area (TPSA) is 65.0 Å². The first-order valence-electron chi connectivity index (χ1n) is 5.71. The van der Waals surface area contributed by atoms with Crippen LogP contribution in [-0.4, -0.2) is 43.8 Å². The van der Waals surface area contributed by atoms with Crippen molar-refractivity contribution in [3.8, 4) is 0 Å². The van der Waals surface area contributed by atoms with E-state index in [9.17, 15) is 9.90 Å². The first kappa shape index (κ1) is 13.4. The number of aliphatic carboxylic acids is 1. The highest BCUT2D eigenvalue weighted by atomic mass is 16.7. The number of carboxylic acids is 1. The molecule has 94 valence electrons. The predicted molar refractivity (Wildman–Crippen MR) is 57.2 cm³/mol. The molecule has 1 aliphatic rings. The average molecular weight is 232 g/mol. The van der Waals surface area contributed by atoms with Crippen molar-refractivity contribution in [3.63, 3.8) is 0 Å². The second-order valence-electron chi connectivity index (χ2n) is 3.82. The molecule has 1 fully saturated rings. The summed E-state index contributed by atoms with van der Waals surface area (Å²) in [6, 6.07) is 0. The van der Waals surface area contributed by atoms with Crippen molar-refractivity contribution >= 4 is 5.97 Å². The lowest BCUT2D eigenvalue weighted by Gasteiger charge is -2.38. The molecule has 1 rings (SSSR count). The van der Waals surface area contributed by atoms with Crippen molar-refractivity contribution in [2.24, 2.45) is 5.41 Å². The molecule has 0 aromatic rings. The monoisotopic (exact) mass is 232 g/mol. The van der Waals surface area contributed by atoms with Crippen LogP contribution in [0.25, 0.3) is 0 Å². The Morgan fingerprint density at radius 3 is 2.19 bits per heavy atom. The van der Waals surface area contributed by atoms with Crippen LogP contribution in [0.15, 0.2) is 0 Å².